The molecule has 144 valence electrons. The number of hydrogen-bond acceptors (Lipinski definition) is 4. The number of amides is 1. The van der Waals surface area contributed by atoms with Crippen molar-refractivity contribution in [2.75, 3.05) is 19.7 Å². The molecule has 1 aromatic heterocycles. The topological polar surface area (TPSA) is 64.4 Å². The van der Waals surface area contributed by atoms with Crippen LogP contribution < -0.4 is 0 Å². The minimum Gasteiger partial charge on any atom is -0.461 e. The van der Waals surface area contributed by atoms with Crippen LogP contribution in [0.3, 0.4) is 0 Å². The number of carbonyl (C=O) groups excluding carboxylic acids is 2. The van der Waals surface area contributed by atoms with Gasteiger partial charge in [0.25, 0.3) is 5.91 Å². The molecule has 0 radical (unpaired) electrons. The molecule has 1 aromatic carbocycles. The lowest BCUT2D eigenvalue weighted by atomic mass is 10.0. The number of likely N-dealkylation sites (tertiary alicyclic amines) is 1. The van der Waals surface area contributed by atoms with E-state index >= 15 is 0 Å². The van der Waals surface area contributed by atoms with Crippen molar-refractivity contribution >= 4 is 11.9 Å². The standard InChI is InChI=1S/C19H21F2N3O3/c1-3-27-19(26)17-10-12(2)22-24(17)14-6-8-23(9-7-14)18(25)15-5-4-13(20)11-16(15)21/h4-5,10-11,14H,3,6-9H2,1-2H3. The van der Waals surface area contributed by atoms with Crippen LogP contribution in [0.1, 0.15) is 52.3 Å². The van der Waals surface area contributed by atoms with Crippen molar-refractivity contribution in [3.05, 3.63) is 52.9 Å². The second-order valence-corrected chi connectivity index (χ2v) is 6.48. The maximum atomic E-state index is 13.9. The smallest absolute Gasteiger partial charge is 0.356 e. The Bertz CT molecular complexity index is 858. The zero-order valence-corrected chi connectivity index (χ0v) is 15.2. The van der Waals surface area contributed by atoms with Crippen LogP contribution >= 0.6 is 0 Å². The molecule has 27 heavy (non-hydrogen) atoms. The van der Waals surface area contributed by atoms with Crippen LogP contribution in [-0.2, 0) is 4.74 Å². The molecule has 0 bridgehead atoms. The number of halogens is 2. The van der Waals surface area contributed by atoms with Gasteiger partial charge in [-0.1, -0.05) is 0 Å². The number of aryl methyl sites for hydroxylation is 1. The first kappa shape index (κ1) is 19.0. The largest absolute Gasteiger partial charge is 0.461 e. The molecule has 1 aliphatic rings. The molecular formula is C19H21F2N3O3. The Morgan fingerprint density at radius 1 is 1.22 bits per heavy atom. The summed E-state index contributed by atoms with van der Waals surface area (Å²) in [6.07, 6.45) is 1.14. The molecule has 8 heteroatoms. The van der Waals surface area contributed by atoms with Crippen molar-refractivity contribution in [3.8, 4) is 0 Å². The van der Waals surface area contributed by atoms with Gasteiger partial charge in [0.2, 0.25) is 0 Å². The van der Waals surface area contributed by atoms with Gasteiger partial charge in [-0.2, -0.15) is 5.10 Å². The lowest BCUT2D eigenvalue weighted by Gasteiger charge is -2.32. The van der Waals surface area contributed by atoms with E-state index in [0.29, 0.717) is 43.4 Å². The zero-order chi connectivity index (χ0) is 19.6. The Balaban J connectivity index is 1.71. The van der Waals surface area contributed by atoms with Crippen LogP contribution in [-0.4, -0.2) is 46.3 Å². The van der Waals surface area contributed by atoms with E-state index in [9.17, 15) is 18.4 Å². The van der Waals surface area contributed by atoms with Crippen LogP contribution in [0.5, 0.6) is 0 Å². The second-order valence-electron chi connectivity index (χ2n) is 6.48. The third-order valence-corrected chi connectivity index (χ3v) is 4.60. The van der Waals surface area contributed by atoms with Gasteiger partial charge in [0.1, 0.15) is 17.3 Å². The highest BCUT2D eigenvalue weighted by Gasteiger charge is 2.29. The maximum absolute atomic E-state index is 13.9. The minimum atomic E-state index is -0.866. The minimum absolute atomic E-state index is 0.0554. The molecule has 6 nitrogen and oxygen atoms in total. The number of nitrogens with zero attached hydrogens (tertiary/aromatic N) is 3. The summed E-state index contributed by atoms with van der Waals surface area (Å²) in [6, 6.07) is 4.57. The van der Waals surface area contributed by atoms with Crippen molar-refractivity contribution in [2.24, 2.45) is 0 Å². The molecule has 0 aliphatic carbocycles. The molecule has 0 unspecified atom stereocenters. The van der Waals surface area contributed by atoms with Gasteiger partial charge in [-0.15, -0.1) is 0 Å². The first-order valence-electron chi connectivity index (χ1n) is 8.88. The lowest BCUT2D eigenvalue weighted by Crippen LogP contribution is -2.40. The summed E-state index contributed by atoms with van der Waals surface area (Å²) in [5.74, 6) is -2.48. The summed E-state index contributed by atoms with van der Waals surface area (Å²) in [5, 5.41) is 4.40. The van der Waals surface area contributed by atoms with E-state index in [0.717, 1.165) is 12.1 Å². The van der Waals surface area contributed by atoms with E-state index in [1.807, 2.05) is 0 Å². The van der Waals surface area contributed by atoms with Crippen LogP contribution in [0, 0.1) is 18.6 Å². The molecule has 0 N–H and O–H groups in total. The van der Waals surface area contributed by atoms with Crippen LogP contribution in [0.15, 0.2) is 24.3 Å². The van der Waals surface area contributed by atoms with Crippen molar-refractivity contribution in [1.29, 1.82) is 0 Å². The molecular weight excluding hydrogens is 356 g/mol. The van der Waals surface area contributed by atoms with Crippen LogP contribution in [0.25, 0.3) is 0 Å². The number of esters is 1. The van der Waals surface area contributed by atoms with E-state index in [1.165, 1.54) is 4.90 Å². The van der Waals surface area contributed by atoms with Gasteiger partial charge in [-0.05, 0) is 44.9 Å². The van der Waals surface area contributed by atoms with Crippen LogP contribution in [0.2, 0.25) is 0 Å². The number of rotatable bonds is 4. The molecule has 0 atom stereocenters. The molecule has 2 heterocycles. The number of ether oxygens (including phenoxy) is 1. The van der Waals surface area contributed by atoms with E-state index in [-0.39, 0.29) is 18.2 Å². The number of aromatic nitrogens is 2. The Hall–Kier alpha value is -2.77. The molecule has 1 aliphatic heterocycles. The van der Waals surface area contributed by atoms with Gasteiger partial charge in [0.15, 0.2) is 0 Å². The van der Waals surface area contributed by atoms with Gasteiger partial charge < -0.3 is 9.64 Å². The summed E-state index contributed by atoms with van der Waals surface area (Å²) in [5.41, 5.74) is 0.964. The highest BCUT2D eigenvalue weighted by atomic mass is 19.1. The SMILES string of the molecule is CCOC(=O)c1cc(C)nn1C1CCN(C(=O)c2ccc(F)cc2F)CC1. The predicted octanol–water partition coefficient (Wildman–Crippen LogP) is 3.12. The van der Waals surface area contributed by atoms with E-state index in [2.05, 4.69) is 5.10 Å². The third-order valence-electron chi connectivity index (χ3n) is 4.60. The Labute approximate surface area is 155 Å². The summed E-state index contributed by atoms with van der Waals surface area (Å²) in [4.78, 5) is 26.2. The number of carbonyl (C=O) groups is 2. The number of piperidine rings is 1. The molecule has 1 saturated heterocycles. The molecule has 3 rings (SSSR count). The highest BCUT2D eigenvalue weighted by Crippen LogP contribution is 2.26. The summed E-state index contributed by atoms with van der Waals surface area (Å²) in [7, 11) is 0. The quantitative estimate of drug-likeness (QED) is 0.768. The van der Waals surface area contributed by atoms with Gasteiger partial charge in [0.05, 0.1) is 23.9 Å². The monoisotopic (exact) mass is 377 g/mol. The average Bonchev–Trinajstić information content (AvgIpc) is 3.03. The first-order valence-corrected chi connectivity index (χ1v) is 8.88. The Morgan fingerprint density at radius 3 is 2.56 bits per heavy atom. The number of hydrogen-bond donors (Lipinski definition) is 0. The van der Waals surface area contributed by atoms with Gasteiger partial charge in [0, 0.05) is 19.2 Å². The predicted molar refractivity (Wildman–Crippen MR) is 93.5 cm³/mol. The van der Waals surface area contributed by atoms with Gasteiger partial charge in [-0.3, -0.25) is 9.48 Å². The van der Waals surface area contributed by atoms with Crippen molar-refractivity contribution in [3.63, 3.8) is 0 Å². The Kier molecular flexibility index (Phi) is 5.53. The van der Waals surface area contributed by atoms with Crippen LogP contribution in [0.4, 0.5) is 8.78 Å². The van der Waals surface area contributed by atoms with Gasteiger partial charge >= 0.3 is 5.97 Å². The van der Waals surface area contributed by atoms with Crippen molar-refractivity contribution < 1.29 is 23.1 Å². The lowest BCUT2D eigenvalue weighted by molar-refractivity contribution is 0.0498. The van der Waals surface area contributed by atoms with E-state index in [1.54, 1.807) is 24.6 Å². The summed E-state index contributed by atoms with van der Waals surface area (Å²) in [6.45, 7) is 4.60. The normalized spacial score (nSPS) is 15.0. The molecule has 2 aromatic rings. The fourth-order valence-corrected chi connectivity index (χ4v) is 3.30. The van der Waals surface area contributed by atoms with Crippen molar-refractivity contribution in [2.45, 2.75) is 32.7 Å². The molecule has 1 fully saturated rings. The van der Waals surface area contributed by atoms with E-state index < -0.39 is 23.5 Å². The number of benzene rings is 1. The summed E-state index contributed by atoms with van der Waals surface area (Å²) < 4.78 is 33.6. The second kappa shape index (κ2) is 7.85. The van der Waals surface area contributed by atoms with E-state index in [4.69, 9.17) is 4.74 Å². The summed E-state index contributed by atoms with van der Waals surface area (Å²) >= 11 is 0. The fraction of sp³-hybridized carbons (Fsp3) is 0.421. The molecule has 0 saturated carbocycles. The van der Waals surface area contributed by atoms with Crippen molar-refractivity contribution in [1.82, 2.24) is 14.7 Å². The average molecular weight is 377 g/mol. The third kappa shape index (κ3) is 3.99. The van der Waals surface area contributed by atoms with Gasteiger partial charge in [-0.25, -0.2) is 13.6 Å². The highest BCUT2D eigenvalue weighted by molar-refractivity contribution is 5.94. The molecule has 1 amide bonds. The maximum Gasteiger partial charge on any atom is 0.356 e. The fourth-order valence-electron chi connectivity index (χ4n) is 3.30. The Morgan fingerprint density at radius 2 is 1.93 bits per heavy atom. The molecule has 0 spiro atoms. The zero-order valence-electron chi connectivity index (χ0n) is 15.2. The first-order chi connectivity index (χ1) is 12.9.